The van der Waals surface area contributed by atoms with E-state index < -0.39 is 10.2 Å². The number of likely N-dealkylation sites (tertiary alicyclic amines) is 1. The Kier molecular flexibility index (Phi) is 4.59. The summed E-state index contributed by atoms with van der Waals surface area (Å²) < 4.78 is 34.7. The Labute approximate surface area is 132 Å². The van der Waals surface area contributed by atoms with Gasteiger partial charge in [0.25, 0.3) is 10.2 Å². The smallest absolute Gasteiger partial charge is 0.282 e. The fraction of sp³-hybridized carbons (Fsp3) is 0.733. The monoisotopic (exact) mass is 327 g/mol. The topological polar surface area (TPSA) is 57.0 Å². The van der Waals surface area contributed by atoms with Crippen LogP contribution >= 0.6 is 0 Å². The van der Waals surface area contributed by atoms with Gasteiger partial charge in [-0.3, -0.25) is 0 Å². The number of likely N-dealkylation sites (N-methyl/N-ethyl adjacent to an activating group) is 2. The molecule has 6 nitrogen and oxygen atoms in total. The molecule has 0 spiro atoms. The second-order valence-electron chi connectivity index (χ2n) is 6.37. The molecule has 7 heteroatoms. The first-order valence-electron chi connectivity index (χ1n) is 7.97. The van der Waals surface area contributed by atoms with Crippen molar-refractivity contribution in [1.29, 1.82) is 0 Å². The van der Waals surface area contributed by atoms with Crippen LogP contribution in [-0.2, 0) is 10.2 Å². The Morgan fingerprint density at radius 2 is 2.05 bits per heavy atom. The minimum atomic E-state index is -3.46. The maximum absolute atomic E-state index is 13.0. The molecule has 0 aromatic carbocycles. The zero-order valence-corrected chi connectivity index (χ0v) is 14.1. The number of furan rings is 1. The summed E-state index contributed by atoms with van der Waals surface area (Å²) in [5, 5.41) is 0. The molecular formula is C15H25N3O3S. The van der Waals surface area contributed by atoms with Crippen LogP contribution in [0.1, 0.15) is 37.5 Å². The average Bonchev–Trinajstić information content (AvgIpc) is 3.16. The first kappa shape index (κ1) is 16.0. The molecule has 1 aromatic heterocycles. The van der Waals surface area contributed by atoms with E-state index >= 15 is 0 Å². The predicted molar refractivity (Wildman–Crippen MR) is 84.6 cm³/mol. The second-order valence-corrected chi connectivity index (χ2v) is 8.31. The van der Waals surface area contributed by atoms with Gasteiger partial charge < -0.3 is 9.32 Å². The van der Waals surface area contributed by atoms with Gasteiger partial charge in [-0.05, 0) is 51.4 Å². The van der Waals surface area contributed by atoms with E-state index in [1.807, 2.05) is 19.2 Å². The molecule has 0 aliphatic carbocycles. The number of piperidine rings is 1. The van der Waals surface area contributed by atoms with Crippen LogP contribution < -0.4 is 0 Å². The Bertz CT molecular complexity index is 587. The zero-order valence-electron chi connectivity index (χ0n) is 13.3. The molecule has 2 atom stereocenters. The van der Waals surface area contributed by atoms with Gasteiger partial charge in [-0.1, -0.05) is 0 Å². The highest BCUT2D eigenvalue weighted by Crippen LogP contribution is 2.36. The summed E-state index contributed by atoms with van der Waals surface area (Å²) in [4.78, 5) is 2.20. The molecule has 2 fully saturated rings. The van der Waals surface area contributed by atoms with Crippen LogP contribution in [0.25, 0.3) is 0 Å². The van der Waals surface area contributed by atoms with Crippen LogP contribution in [-0.4, -0.2) is 61.7 Å². The number of hydrogen-bond donors (Lipinski definition) is 0. The van der Waals surface area contributed by atoms with Crippen molar-refractivity contribution in [2.45, 2.75) is 37.8 Å². The Balaban J connectivity index is 1.79. The van der Waals surface area contributed by atoms with E-state index in [0.717, 1.165) is 44.5 Å². The van der Waals surface area contributed by atoms with Crippen LogP contribution in [0.4, 0.5) is 0 Å². The lowest BCUT2D eigenvalue weighted by atomic mass is 10.1. The van der Waals surface area contributed by atoms with Gasteiger partial charge in [0.2, 0.25) is 0 Å². The van der Waals surface area contributed by atoms with Crippen LogP contribution in [0.15, 0.2) is 22.8 Å². The maximum atomic E-state index is 13.0. The molecule has 0 saturated carbocycles. The van der Waals surface area contributed by atoms with E-state index in [1.165, 1.54) is 0 Å². The van der Waals surface area contributed by atoms with Crippen LogP contribution in [0, 0.1) is 0 Å². The molecule has 2 saturated heterocycles. The fourth-order valence-electron chi connectivity index (χ4n) is 3.57. The van der Waals surface area contributed by atoms with Crippen molar-refractivity contribution < 1.29 is 12.8 Å². The molecule has 2 aliphatic rings. The number of rotatable bonds is 4. The van der Waals surface area contributed by atoms with E-state index in [9.17, 15) is 8.42 Å². The summed E-state index contributed by atoms with van der Waals surface area (Å²) in [5.41, 5.74) is 0. The van der Waals surface area contributed by atoms with Gasteiger partial charge in [0.05, 0.1) is 12.3 Å². The minimum absolute atomic E-state index is 0.0570. The molecule has 0 bridgehead atoms. The van der Waals surface area contributed by atoms with E-state index in [4.69, 9.17) is 4.42 Å². The molecule has 0 amide bonds. The lowest BCUT2D eigenvalue weighted by Gasteiger charge is -2.37. The summed E-state index contributed by atoms with van der Waals surface area (Å²) in [5.74, 6) is 0.746. The minimum Gasteiger partial charge on any atom is -0.468 e. The molecular weight excluding hydrogens is 302 g/mol. The summed E-state index contributed by atoms with van der Waals surface area (Å²) >= 11 is 0. The molecule has 0 N–H and O–H groups in total. The first-order chi connectivity index (χ1) is 10.5. The SMILES string of the molecule is CN1CCC[C@H](N(C)S(=O)(=O)N2CCC[C@H]2c2ccco2)C1. The molecule has 22 heavy (non-hydrogen) atoms. The van der Waals surface area contributed by atoms with Gasteiger partial charge in [0, 0.05) is 26.2 Å². The van der Waals surface area contributed by atoms with Gasteiger partial charge in [-0.25, -0.2) is 0 Å². The second kappa shape index (κ2) is 6.31. The van der Waals surface area contributed by atoms with E-state index in [0.29, 0.717) is 6.54 Å². The highest BCUT2D eigenvalue weighted by atomic mass is 32.2. The molecule has 0 radical (unpaired) electrons. The maximum Gasteiger partial charge on any atom is 0.282 e. The van der Waals surface area contributed by atoms with Crippen LogP contribution in [0.3, 0.4) is 0 Å². The lowest BCUT2D eigenvalue weighted by Crippen LogP contribution is -2.51. The molecule has 0 unspecified atom stereocenters. The van der Waals surface area contributed by atoms with Crippen molar-refractivity contribution in [2.24, 2.45) is 0 Å². The van der Waals surface area contributed by atoms with E-state index in [2.05, 4.69) is 4.90 Å². The van der Waals surface area contributed by atoms with Crippen molar-refractivity contribution in [1.82, 2.24) is 13.5 Å². The van der Waals surface area contributed by atoms with Gasteiger partial charge in [-0.15, -0.1) is 0 Å². The fourth-order valence-corrected chi connectivity index (χ4v) is 5.34. The van der Waals surface area contributed by atoms with Crippen molar-refractivity contribution in [3.8, 4) is 0 Å². The van der Waals surface area contributed by atoms with Gasteiger partial charge >= 0.3 is 0 Å². The van der Waals surface area contributed by atoms with Crippen molar-refractivity contribution >= 4 is 10.2 Å². The predicted octanol–water partition coefficient (Wildman–Crippen LogP) is 1.69. The Hall–Kier alpha value is -0.890. The quantitative estimate of drug-likeness (QED) is 0.844. The Morgan fingerprint density at radius 1 is 1.27 bits per heavy atom. The summed E-state index contributed by atoms with van der Waals surface area (Å²) in [6.07, 6.45) is 5.29. The number of nitrogens with zero attached hydrogens (tertiary/aromatic N) is 3. The van der Waals surface area contributed by atoms with Gasteiger partial charge in [-0.2, -0.15) is 17.0 Å². The largest absolute Gasteiger partial charge is 0.468 e. The van der Waals surface area contributed by atoms with E-state index in [1.54, 1.807) is 21.9 Å². The normalized spacial score (nSPS) is 28.5. The standard InChI is InChI=1S/C15H25N3O3S/c1-16-9-3-6-13(12-16)17(2)22(19,20)18-10-4-7-14(18)15-8-5-11-21-15/h5,8,11,13-14H,3-4,6-7,9-10,12H2,1-2H3/t13-,14-/m0/s1. The van der Waals surface area contributed by atoms with E-state index in [-0.39, 0.29) is 12.1 Å². The summed E-state index contributed by atoms with van der Waals surface area (Å²) in [6, 6.07) is 3.58. The molecule has 3 heterocycles. The Morgan fingerprint density at radius 3 is 2.73 bits per heavy atom. The molecule has 1 aromatic rings. The lowest BCUT2D eigenvalue weighted by molar-refractivity contribution is 0.179. The van der Waals surface area contributed by atoms with Crippen molar-refractivity contribution in [3.63, 3.8) is 0 Å². The number of hydrogen-bond acceptors (Lipinski definition) is 4. The van der Waals surface area contributed by atoms with Crippen molar-refractivity contribution in [2.75, 3.05) is 33.7 Å². The van der Waals surface area contributed by atoms with Crippen LogP contribution in [0.2, 0.25) is 0 Å². The van der Waals surface area contributed by atoms with Crippen LogP contribution in [0.5, 0.6) is 0 Å². The molecule has 124 valence electrons. The van der Waals surface area contributed by atoms with Gasteiger partial charge in [0.15, 0.2) is 0 Å². The summed E-state index contributed by atoms with van der Waals surface area (Å²) in [7, 11) is 0.312. The zero-order chi connectivity index (χ0) is 15.7. The highest BCUT2D eigenvalue weighted by Gasteiger charge is 2.41. The van der Waals surface area contributed by atoms with Crippen molar-refractivity contribution in [3.05, 3.63) is 24.2 Å². The molecule has 2 aliphatic heterocycles. The summed E-state index contributed by atoms with van der Waals surface area (Å²) in [6.45, 7) is 2.42. The van der Waals surface area contributed by atoms with Gasteiger partial charge in [0.1, 0.15) is 5.76 Å². The third-order valence-corrected chi connectivity index (χ3v) is 6.91. The first-order valence-corrected chi connectivity index (χ1v) is 9.36. The third kappa shape index (κ3) is 2.95. The average molecular weight is 327 g/mol. The highest BCUT2D eigenvalue weighted by molar-refractivity contribution is 7.86. The molecule has 3 rings (SSSR count). The third-order valence-electron chi connectivity index (χ3n) is 4.85.